The maximum Gasteiger partial charge on any atom is 0.265 e. The molecule has 3 aromatic rings. The molecule has 8 nitrogen and oxygen atoms in total. The summed E-state index contributed by atoms with van der Waals surface area (Å²) < 4.78 is 45.3. The number of halogens is 1. The molecule has 1 atom stereocenters. The molecule has 2 aromatic carbocycles. The summed E-state index contributed by atoms with van der Waals surface area (Å²) >= 11 is 0. The van der Waals surface area contributed by atoms with Gasteiger partial charge in [0.05, 0.1) is 4.90 Å². The third-order valence-corrected chi connectivity index (χ3v) is 5.06. The molecular formula is C19H17FN4O4S. The Kier molecular flexibility index (Phi) is 6.03. The predicted molar refractivity (Wildman–Crippen MR) is 104 cm³/mol. The summed E-state index contributed by atoms with van der Waals surface area (Å²) in [6.45, 7) is 1.54. The van der Waals surface area contributed by atoms with Gasteiger partial charge in [-0.05, 0) is 61.5 Å². The number of hydrogen-bond acceptors (Lipinski definition) is 6. The number of carbonyl (C=O) groups is 1. The Labute approximate surface area is 166 Å². The molecule has 2 N–H and O–H groups in total. The standard InChI is InChI=1S/C19H17FN4O4S/c1-13(28-16-7-3-14(20)4-8-16)18(25)23-15-5-9-17(10-6-15)29(26,27)24-19-21-11-2-12-22-19/h2-13H,1H3,(H,23,25)(H,21,22,24)/t13-/m1/s1. The van der Waals surface area contributed by atoms with Crippen molar-refractivity contribution < 1.29 is 22.3 Å². The van der Waals surface area contributed by atoms with Gasteiger partial charge in [-0.2, -0.15) is 0 Å². The molecule has 0 bridgehead atoms. The molecule has 0 unspecified atom stereocenters. The van der Waals surface area contributed by atoms with Crippen molar-refractivity contribution in [3.8, 4) is 5.75 Å². The van der Waals surface area contributed by atoms with Crippen molar-refractivity contribution in [2.75, 3.05) is 10.0 Å². The molecule has 1 aromatic heterocycles. The monoisotopic (exact) mass is 416 g/mol. The van der Waals surface area contributed by atoms with Crippen LogP contribution in [0, 0.1) is 5.82 Å². The van der Waals surface area contributed by atoms with E-state index in [4.69, 9.17) is 4.74 Å². The molecule has 0 aliphatic carbocycles. The fraction of sp³-hybridized carbons (Fsp3) is 0.105. The van der Waals surface area contributed by atoms with Crippen LogP contribution in [0.3, 0.4) is 0 Å². The largest absolute Gasteiger partial charge is 0.481 e. The highest BCUT2D eigenvalue weighted by atomic mass is 32.2. The van der Waals surface area contributed by atoms with E-state index >= 15 is 0 Å². The highest BCUT2D eigenvalue weighted by molar-refractivity contribution is 7.92. The zero-order valence-corrected chi connectivity index (χ0v) is 16.1. The Hall–Kier alpha value is -3.53. The lowest BCUT2D eigenvalue weighted by molar-refractivity contribution is -0.122. The second-order valence-corrected chi connectivity index (χ2v) is 7.59. The lowest BCUT2D eigenvalue weighted by Gasteiger charge is -2.15. The van der Waals surface area contributed by atoms with Gasteiger partial charge in [-0.3, -0.25) is 4.79 Å². The summed E-state index contributed by atoms with van der Waals surface area (Å²) in [6, 6.07) is 12.4. The quantitative estimate of drug-likeness (QED) is 0.613. The van der Waals surface area contributed by atoms with Crippen LogP contribution in [0.2, 0.25) is 0 Å². The average molecular weight is 416 g/mol. The number of amides is 1. The van der Waals surface area contributed by atoms with Crippen molar-refractivity contribution in [2.45, 2.75) is 17.9 Å². The molecule has 10 heteroatoms. The van der Waals surface area contributed by atoms with E-state index in [0.29, 0.717) is 11.4 Å². The third kappa shape index (κ3) is 5.48. The minimum absolute atomic E-state index is 0.0152. The summed E-state index contributed by atoms with van der Waals surface area (Å²) in [5.74, 6) is -0.542. The first-order valence-corrected chi connectivity index (χ1v) is 9.95. The Morgan fingerprint density at radius 1 is 1.03 bits per heavy atom. The van der Waals surface area contributed by atoms with Gasteiger partial charge >= 0.3 is 0 Å². The number of anilines is 2. The first-order chi connectivity index (χ1) is 13.8. The second-order valence-electron chi connectivity index (χ2n) is 5.91. The van der Waals surface area contributed by atoms with Crippen molar-refractivity contribution in [2.24, 2.45) is 0 Å². The van der Waals surface area contributed by atoms with Crippen molar-refractivity contribution in [1.29, 1.82) is 0 Å². The van der Waals surface area contributed by atoms with Gasteiger partial charge in [0.15, 0.2) is 6.10 Å². The normalized spacial score (nSPS) is 12.1. The van der Waals surface area contributed by atoms with Crippen molar-refractivity contribution in [3.63, 3.8) is 0 Å². The van der Waals surface area contributed by atoms with Gasteiger partial charge in [-0.1, -0.05) is 0 Å². The smallest absolute Gasteiger partial charge is 0.265 e. The second kappa shape index (κ2) is 8.65. The van der Waals surface area contributed by atoms with Crippen LogP contribution in [-0.2, 0) is 14.8 Å². The van der Waals surface area contributed by atoms with Gasteiger partial charge in [-0.15, -0.1) is 0 Å². The minimum Gasteiger partial charge on any atom is -0.481 e. The number of aromatic nitrogens is 2. The number of nitrogens with zero attached hydrogens (tertiary/aromatic N) is 2. The molecule has 0 saturated heterocycles. The van der Waals surface area contributed by atoms with Gasteiger partial charge in [-0.25, -0.2) is 27.5 Å². The zero-order chi connectivity index (χ0) is 20.9. The molecule has 0 spiro atoms. The van der Waals surface area contributed by atoms with E-state index in [9.17, 15) is 17.6 Å². The van der Waals surface area contributed by atoms with Crippen LogP contribution in [0.25, 0.3) is 0 Å². The number of benzene rings is 2. The molecule has 29 heavy (non-hydrogen) atoms. The van der Waals surface area contributed by atoms with Gasteiger partial charge < -0.3 is 10.1 Å². The van der Waals surface area contributed by atoms with E-state index in [1.807, 2.05) is 0 Å². The van der Waals surface area contributed by atoms with E-state index in [1.165, 1.54) is 60.9 Å². The Morgan fingerprint density at radius 3 is 2.28 bits per heavy atom. The lowest BCUT2D eigenvalue weighted by atomic mass is 10.3. The van der Waals surface area contributed by atoms with E-state index in [1.54, 1.807) is 13.0 Å². The first-order valence-electron chi connectivity index (χ1n) is 8.46. The fourth-order valence-corrected chi connectivity index (χ4v) is 3.22. The van der Waals surface area contributed by atoms with Crippen LogP contribution in [0.1, 0.15) is 6.92 Å². The van der Waals surface area contributed by atoms with Crippen LogP contribution in [-0.4, -0.2) is 30.4 Å². The van der Waals surface area contributed by atoms with Gasteiger partial charge in [0.2, 0.25) is 5.95 Å². The van der Waals surface area contributed by atoms with Crippen LogP contribution >= 0.6 is 0 Å². The number of hydrogen-bond donors (Lipinski definition) is 2. The third-order valence-electron chi connectivity index (χ3n) is 3.72. The van der Waals surface area contributed by atoms with E-state index in [0.717, 1.165) is 0 Å². The summed E-state index contributed by atoms with van der Waals surface area (Å²) in [7, 11) is -3.86. The topological polar surface area (TPSA) is 110 Å². The Morgan fingerprint density at radius 2 is 1.66 bits per heavy atom. The molecule has 1 amide bonds. The average Bonchev–Trinajstić information content (AvgIpc) is 2.70. The minimum atomic E-state index is -3.86. The molecule has 0 fully saturated rings. The Bertz CT molecular complexity index is 1080. The van der Waals surface area contributed by atoms with Crippen molar-refractivity contribution >= 4 is 27.6 Å². The van der Waals surface area contributed by atoms with E-state index < -0.39 is 27.9 Å². The number of nitrogens with one attached hydrogen (secondary N) is 2. The summed E-state index contributed by atoms with van der Waals surface area (Å²) in [4.78, 5) is 19.9. The Balaban J connectivity index is 1.62. The number of rotatable bonds is 7. The molecule has 3 rings (SSSR count). The van der Waals surface area contributed by atoms with Crippen LogP contribution < -0.4 is 14.8 Å². The highest BCUT2D eigenvalue weighted by Gasteiger charge is 2.17. The molecule has 0 saturated carbocycles. The van der Waals surface area contributed by atoms with E-state index in [-0.39, 0.29) is 10.8 Å². The highest BCUT2D eigenvalue weighted by Crippen LogP contribution is 2.18. The van der Waals surface area contributed by atoms with E-state index in [2.05, 4.69) is 20.0 Å². The maximum atomic E-state index is 12.9. The summed E-state index contributed by atoms with van der Waals surface area (Å²) in [6.07, 6.45) is 1.98. The number of carbonyl (C=O) groups excluding carboxylic acids is 1. The van der Waals surface area contributed by atoms with Gasteiger partial charge in [0, 0.05) is 18.1 Å². The van der Waals surface area contributed by atoms with Crippen molar-refractivity contribution in [1.82, 2.24) is 9.97 Å². The fourth-order valence-electron chi connectivity index (χ4n) is 2.26. The molecule has 0 radical (unpaired) electrons. The van der Waals surface area contributed by atoms with Crippen molar-refractivity contribution in [3.05, 3.63) is 72.8 Å². The van der Waals surface area contributed by atoms with Crippen LogP contribution in [0.15, 0.2) is 71.9 Å². The van der Waals surface area contributed by atoms with Crippen LogP contribution in [0.5, 0.6) is 5.75 Å². The van der Waals surface area contributed by atoms with Gasteiger partial charge in [0.25, 0.3) is 15.9 Å². The lowest BCUT2D eigenvalue weighted by Crippen LogP contribution is -2.30. The molecule has 0 aliphatic heterocycles. The predicted octanol–water partition coefficient (Wildman–Crippen LogP) is 2.82. The molecular weight excluding hydrogens is 399 g/mol. The summed E-state index contributed by atoms with van der Waals surface area (Å²) in [5, 5.41) is 2.62. The first kappa shape index (κ1) is 20.2. The van der Waals surface area contributed by atoms with Gasteiger partial charge in [0.1, 0.15) is 11.6 Å². The number of sulfonamides is 1. The molecule has 150 valence electrons. The SMILES string of the molecule is C[C@@H](Oc1ccc(F)cc1)C(=O)Nc1ccc(S(=O)(=O)Nc2ncccn2)cc1. The molecule has 1 heterocycles. The molecule has 0 aliphatic rings. The zero-order valence-electron chi connectivity index (χ0n) is 15.2. The number of ether oxygens (including phenoxy) is 1. The maximum absolute atomic E-state index is 12.9. The summed E-state index contributed by atoms with van der Waals surface area (Å²) in [5.41, 5.74) is 0.388. The van der Waals surface area contributed by atoms with Crippen LogP contribution in [0.4, 0.5) is 16.0 Å².